The minimum absolute atomic E-state index is 0.160. The van der Waals surface area contributed by atoms with Crippen LogP contribution in [-0.2, 0) is 22.6 Å². The smallest absolute Gasteiger partial charge is 0.306 e. The molecule has 0 spiro atoms. The molecule has 0 amide bonds. The molecule has 0 saturated heterocycles. The number of nitrogens with one attached hydrogen (secondary N) is 1. The number of para-hydroxylation sites is 1. The zero-order valence-corrected chi connectivity index (χ0v) is 16.7. The molecule has 0 atom stereocenters. The maximum atomic E-state index is 12.1. The summed E-state index contributed by atoms with van der Waals surface area (Å²) in [6, 6.07) is 19.0. The number of rotatable bonds is 7. The van der Waals surface area contributed by atoms with Crippen molar-refractivity contribution >= 4 is 27.6 Å². The molecular weight excluding hydrogens is 380 g/mol. The van der Waals surface area contributed by atoms with Gasteiger partial charge in [-0.3, -0.25) is 9.59 Å². The summed E-state index contributed by atoms with van der Waals surface area (Å²) in [5.41, 5.74) is 1.43. The predicted molar refractivity (Wildman–Crippen MR) is 116 cm³/mol. The standard InChI is InChI=1S/C24H22N2O4/c1-29-19-12-11-17-13-16(9-10-18(17)14-19)15-30-23(27)8-4-7-22-25-21-6-3-2-5-20(21)24(28)26-22/h2-3,5-6,9-14H,4,7-8,15H2,1H3,(H,25,26,28). The van der Waals surface area contributed by atoms with Crippen LogP contribution in [0.3, 0.4) is 0 Å². The van der Waals surface area contributed by atoms with Crippen LogP contribution < -0.4 is 10.3 Å². The van der Waals surface area contributed by atoms with Crippen LogP contribution in [0.5, 0.6) is 5.75 Å². The van der Waals surface area contributed by atoms with Crippen molar-refractivity contribution in [3.05, 3.63) is 82.4 Å². The number of carbonyl (C=O) groups excluding carboxylic acids is 1. The molecule has 3 aromatic carbocycles. The maximum absolute atomic E-state index is 12.1. The highest BCUT2D eigenvalue weighted by Gasteiger charge is 2.07. The number of hydrogen-bond acceptors (Lipinski definition) is 5. The fraction of sp³-hybridized carbons (Fsp3) is 0.208. The molecule has 1 aromatic heterocycles. The predicted octanol–water partition coefficient (Wildman–Crippen LogP) is 4.15. The molecule has 0 aliphatic rings. The highest BCUT2D eigenvalue weighted by Crippen LogP contribution is 2.22. The molecule has 0 bridgehead atoms. The molecular formula is C24H22N2O4. The van der Waals surface area contributed by atoms with E-state index in [9.17, 15) is 9.59 Å². The molecule has 1 N–H and O–H groups in total. The van der Waals surface area contributed by atoms with Crippen molar-refractivity contribution < 1.29 is 14.3 Å². The largest absolute Gasteiger partial charge is 0.497 e. The molecule has 0 saturated carbocycles. The number of aromatic amines is 1. The van der Waals surface area contributed by atoms with Gasteiger partial charge in [-0.05, 0) is 53.1 Å². The van der Waals surface area contributed by atoms with Crippen LogP contribution in [0, 0.1) is 0 Å². The molecule has 6 heteroatoms. The first-order valence-electron chi connectivity index (χ1n) is 9.82. The van der Waals surface area contributed by atoms with Crippen LogP contribution >= 0.6 is 0 Å². The van der Waals surface area contributed by atoms with E-state index >= 15 is 0 Å². The fourth-order valence-corrected chi connectivity index (χ4v) is 3.38. The van der Waals surface area contributed by atoms with Crippen molar-refractivity contribution in [2.24, 2.45) is 0 Å². The van der Waals surface area contributed by atoms with Gasteiger partial charge in [0.25, 0.3) is 5.56 Å². The van der Waals surface area contributed by atoms with E-state index in [-0.39, 0.29) is 24.6 Å². The van der Waals surface area contributed by atoms with Crippen LogP contribution in [0.25, 0.3) is 21.7 Å². The molecule has 0 radical (unpaired) electrons. The molecule has 6 nitrogen and oxygen atoms in total. The molecule has 4 aromatic rings. The minimum Gasteiger partial charge on any atom is -0.497 e. The van der Waals surface area contributed by atoms with Crippen molar-refractivity contribution in [2.75, 3.05) is 7.11 Å². The lowest BCUT2D eigenvalue weighted by Gasteiger charge is -2.07. The van der Waals surface area contributed by atoms with Gasteiger partial charge < -0.3 is 14.5 Å². The second-order valence-corrected chi connectivity index (χ2v) is 7.09. The summed E-state index contributed by atoms with van der Waals surface area (Å²) in [5, 5.41) is 2.70. The quantitative estimate of drug-likeness (QED) is 0.470. The number of esters is 1. The van der Waals surface area contributed by atoms with Gasteiger partial charge in [0.2, 0.25) is 0 Å². The molecule has 152 valence electrons. The van der Waals surface area contributed by atoms with E-state index in [0.717, 1.165) is 22.1 Å². The van der Waals surface area contributed by atoms with Crippen molar-refractivity contribution in [2.45, 2.75) is 25.9 Å². The summed E-state index contributed by atoms with van der Waals surface area (Å²) in [6.07, 6.45) is 1.33. The van der Waals surface area contributed by atoms with Crippen LogP contribution in [-0.4, -0.2) is 23.0 Å². The van der Waals surface area contributed by atoms with Gasteiger partial charge in [-0.15, -0.1) is 0 Å². The van der Waals surface area contributed by atoms with Crippen molar-refractivity contribution in [1.82, 2.24) is 9.97 Å². The summed E-state index contributed by atoms with van der Waals surface area (Å²) < 4.78 is 10.6. The first-order chi connectivity index (χ1) is 14.6. The number of hydrogen-bond donors (Lipinski definition) is 1. The van der Waals surface area contributed by atoms with E-state index in [4.69, 9.17) is 9.47 Å². The third kappa shape index (κ3) is 4.49. The fourth-order valence-electron chi connectivity index (χ4n) is 3.38. The Balaban J connectivity index is 1.30. The molecule has 0 fully saturated rings. The lowest BCUT2D eigenvalue weighted by Crippen LogP contribution is -2.12. The lowest BCUT2D eigenvalue weighted by molar-refractivity contribution is -0.145. The summed E-state index contributed by atoms with van der Waals surface area (Å²) in [6.45, 7) is 0.228. The average molecular weight is 402 g/mol. The Labute approximate surface area is 173 Å². The Morgan fingerprint density at radius 2 is 1.83 bits per heavy atom. The van der Waals surface area contributed by atoms with Gasteiger partial charge in [0.15, 0.2) is 0 Å². The third-order valence-electron chi connectivity index (χ3n) is 4.97. The molecule has 30 heavy (non-hydrogen) atoms. The first-order valence-corrected chi connectivity index (χ1v) is 9.82. The molecule has 1 heterocycles. The highest BCUT2D eigenvalue weighted by atomic mass is 16.5. The number of benzene rings is 3. The Morgan fingerprint density at radius 1 is 1.03 bits per heavy atom. The van der Waals surface area contributed by atoms with Crippen LogP contribution in [0.1, 0.15) is 24.2 Å². The van der Waals surface area contributed by atoms with E-state index < -0.39 is 0 Å². The SMILES string of the molecule is COc1ccc2cc(COC(=O)CCCc3nc4ccccc4c(=O)[nH]3)ccc2c1. The van der Waals surface area contributed by atoms with Gasteiger partial charge in [-0.25, -0.2) is 4.98 Å². The first kappa shape index (κ1) is 19.6. The topological polar surface area (TPSA) is 81.3 Å². The molecule has 0 unspecified atom stereocenters. The Morgan fingerprint density at radius 3 is 2.70 bits per heavy atom. The lowest BCUT2D eigenvalue weighted by atomic mass is 10.1. The van der Waals surface area contributed by atoms with Crippen LogP contribution in [0.4, 0.5) is 0 Å². The maximum Gasteiger partial charge on any atom is 0.306 e. The van der Waals surface area contributed by atoms with Crippen molar-refractivity contribution in [1.29, 1.82) is 0 Å². The van der Waals surface area contributed by atoms with Gasteiger partial charge in [0.05, 0.1) is 18.0 Å². The molecule has 4 rings (SSSR count). The number of aromatic nitrogens is 2. The molecule has 0 aliphatic heterocycles. The van der Waals surface area contributed by atoms with Crippen molar-refractivity contribution in [3.63, 3.8) is 0 Å². The average Bonchev–Trinajstić information content (AvgIpc) is 2.77. The second kappa shape index (κ2) is 8.78. The number of carbonyl (C=O) groups is 1. The Kier molecular flexibility index (Phi) is 5.75. The Bertz CT molecular complexity index is 1260. The number of aryl methyl sites for hydroxylation is 1. The van der Waals surface area contributed by atoms with Gasteiger partial charge in [-0.2, -0.15) is 0 Å². The third-order valence-corrected chi connectivity index (χ3v) is 4.97. The van der Waals surface area contributed by atoms with Crippen molar-refractivity contribution in [3.8, 4) is 5.75 Å². The number of methoxy groups -OCH3 is 1. The van der Waals surface area contributed by atoms with Gasteiger partial charge in [0, 0.05) is 12.8 Å². The van der Waals surface area contributed by atoms with E-state index in [1.165, 1.54) is 0 Å². The van der Waals surface area contributed by atoms with E-state index in [0.29, 0.717) is 29.6 Å². The summed E-state index contributed by atoms with van der Waals surface area (Å²) in [5.74, 6) is 1.12. The monoisotopic (exact) mass is 402 g/mol. The van der Waals surface area contributed by atoms with E-state index in [2.05, 4.69) is 9.97 Å². The zero-order valence-electron chi connectivity index (χ0n) is 16.7. The number of fused-ring (bicyclic) bond motifs is 2. The van der Waals surface area contributed by atoms with E-state index in [1.807, 2.05) is 48.5 Å². The minimum atomic E-state index is -0.270. The summed E-state index contributed by atoms with van der Waals surface area (Å²) >= 11 is 0. The molecule has 0 aliphatic carbocycles. The van der Waals surface area contributed by atoms with Crippen LogP contribution in [0.2, 0.25) is 0 Å². The van der Waals surface area contributed by atoms with Gasteiger partial charge >= 0.3 is 5.97 Å². The number of nitrogens with zero attached hydrogens (tertiary/aromatic N) is 1. The van der Waals surface area contributed by atoms with Gasteiger partial charge in [0.1, 0.15) is 18.2 Å². The van der Waals surface area contributed by atoms with E-state index in [1.54, 1.807) is 19.2 Å². The Hall–Kier alpha value is -3.67. The van der Waals surface area contributed by atoms with Crippen LogP contribution in [0.15, 0.2) is 65.5 Å². The number of ether oxygens (including phenoxy) is 2. The zero-order chi connectivity index (χ0) is 20.9. The van der Waals surface area contributed by atoms with Gasteiger partial charge in [-0.1, -0.05) is 30.3 Å². The second-order valence-electron chi connectivity index (χ2n) is 7.09. The summed E-state index contributed by atoms with van der Waals surface area (Å²) in [7, 11) is 1.64. The number of H-pyrrole nitrogens is 1. The normalized spacial score (nSPS) is 11.0. The highest BCUT2D eigenvalue weighted by molar-refractivity contribution is 5.84. The summed E-state index contributed by atoms with van der Waals surface area (Å²) in [4.78, 5) is 31.4.